The van der Waals surface area contributed by atoms with Crippen molar-refractivity contribution in [2.45, 2.75) is 31.2 Å². The van der Waals surface area contributed by atoms with Crippen LogP contribution in [0.2, 0.25) is 0 Å². The van der Waals surface area contributed by atoms with Gasteiger partial charge in [-0.05, 0) is 61.9 Å². The number of anilines is 2. The van der Waals surface area contributed by atoms with Crippen LogP contribution in [0.5, 0.6) is 5.75 Å². The predicted molar refractivity (Wildman–Crippen MR) is 127 cm³/mol. The number of amides is 2. The second-order valence-electron chi connectivity index (χ2n) is 7.91. The van der Waals surface area contributed by atoms with Gasteiger partial charge < -0.3 is 19.9 Å². The second-order valence-corrected chi connectivity index (χ2v) is 9.63. The summed E-state index contributed by atoms with van der Waals surface area (Å²) in [5.41, 5.74) is 1.55. The zero-order chi connectivity index (χ0) is 24.0. The summed E-state index contributed by atoms with van der Waals surface area (Å²) >= 11 is 0. The number of sulfonamides is 1. The molecule has 1 aliphatic heterocycles. The molecule has 0 unspecified atom stereocenters. The van der Waals surface area contributed by atoms with Crippen LogP contribution < -0.4 is 19.7 Å². The van der Waals surface area contributed by atoms with E-state index in [9.17, 15) is 18.0 Å². The molecule has 1 aliphatic rings. The second kappa shape index (κ2) is 10.7. The fourth-order valence-electron chi connectivity index (χ4n) is 3.73. The van der Waals surface area contributed by atoms with E-state index < -0.39 is 16.1 Å². The molecule has 1 heterocycles. The average Bonchev–Trinajstić information content (AvgIpc) is 3.04. The van der Waals surface area contributed by atoms with Gasteiger partial charge in [-0.15, -0.1) is 0 Å². The Morgan fingerprint density at radius 2 is 1.64 bits per heavy atom. The van der Waals surface area contributed by atoms with E-state index in [0.717, 1.165) is 24.4 Å². The molecule has 2 aromatic rings. The Morgan fingerprint density at radius 3 is 2.24 bits per heavy atom. The fourth-order valence-corrected chi connectivity index (χ4v) is 4.93. The molecule has 0 radical (unpaired) electrons. The first-order chi connectivity index (χ1) is 15.7. The monoisotopic (exact) mass is 474 g/mol. The molecule has 2 aromatic carbocycles. The summed E-state index contributed by atoms with van der Waals surface area (Å²) in [7, 11) is -2.26. The summed E-state index contributed by atoms with van der Waals surface area (Å²) in [6.07, 6.45) is 0.780. The van der Waals surface area contributed by atoms with Crippen LogP contribution in [-0.2, 0) is 19.6 Å². The average molecular weight is 475 g/mol. The molecule has 1 atom stereocenters. The first kappa shape index (κ1) is 24.5. The number of carbonyl (C=O) groups excluding carboxylic acids is 2. The van der Waals surface area contributed by atoms with E-state index in [1.54, 1.807) is 18.9 Å². The van der Waals surface area contributed by atoms with Gasteiger partial charge in [0.1, 0.15) is 5.75 Å². The van der Waals surface area contributed by atoms with Gasteiger partial charge in [-0.2, -0.15) is 4.72 Å². The maximum Gasteiger partial charge on any atom is 0.241 e. The molecule has 9 nitrogen and oxygen atoms in total. The number of ether oxygens (including phenoxy) is 1. The summed E-state index contributed by atoms with van der Waals surface area (Å²) in [5, 5.41) is 2.59. The molecule has 178 valence electrons. The predicted octanol–water partition coefficient (Wildman–Crippen LogP) is 2.06. The molecule has 10 heteroatoms. The van der Waals surface area contributed by atoms with Gasteiger partial charge in [-0.25, -0.2) is 8.42 Å². The van der Waals surface area contributed by atoms with E-state index in [1.807, 2.05) is 24.3 Å². The lowest BCUT2D eigenvalue weighted by Crippen LogP contribution is -2.47. The minimum absolute atomic E-state index is 0.0257. The van der Waals surface area contributed by atoms with Crippen molar-refractivity contribution in [1.82, 2.24) is 9.62 Å². The van der Waals surface area contributed by atoms with Crippen molar-refractivity contribution in [3.63, 3.8) is 0 Å². The highest BCUT2D eigenvalue weighted by Crippen LogP contribution is 2.21. The van der Waals surface area contributed by atoms with E-state index in [1.165, 1.54) is 31.2 Å². The van der Waals surface area contributed by atoms with Crippen LogP contribution in [0.3, 0.4) is 0 Å². The third-order valence-corrected chi connectivity index (χ3v) is 6.99. The fraction of sp³-hybridized carbons (Fsp3) is 0.391. The molecular weight excluding hydrogens is 444 g/mol. The number of hydrogen-bond donors (Lipinski definition) is 2. The molecule has 0 aliphatic carbocycles. The van der Waals surface area contributed by atoms with Crippen molar-refractivity contribution in [2.75, 3.05) is 43.5 Å². The van der Waals surface area contributed by atoms with Crippen LogP contribution >= 0.6 is 0 Å². The van der Waals surface area contributed by atoms with E-state index in [2.05, 4.69) is 14.9 Å². The van der Waals surface area contributed by atoms with Gasteiger partial charge in [-0.1, -0.05) is 0 Å². The highest BCUT2D eigenvalue weighted by molar-refractivity contribution is 7.89. The van der Waals surface area contributed by atoms with Crippen molar-refractivity contribution in [3.05, 3.63) is 48.5 Å². The lowest BCUT2D eigenvalue weighted by atomic mass is 10.2. The Hall–Kier alpha value is -3.11. The van der Waals surface area contributed by atoms with Crippen LogP contribution in [-0.4, -0.2) is 64.5 Å². The van der Waals surface area contributed by atoms with Crippen molar-refractivity contribution >= 4 is 33.2 Å². The van der Waals surface area contributed by atoms with Gasteiger partial charge in [0.25, 0.3) is 0 Å². The third-order valence-electron chi connectivity index (χ3n) is 5.43. The van der Waals surface area contributed by atoms with Crippen LogP contribution in [0, 0.1) is 0 Å². The van der Waals surface area contributed by atoms with Gasteiger partial charge in [0, 0.05) is 44.5 Å². The quantitative estimate of drug-likeness (QED) is 0.636. The Labute approximate surface area is 194 Å². The van der Waals surface area contributed by atoms with Crippen LogP contribution in [0.15, 0.2) is 53.4 Å². The smallest absolute Gasteiger partial charge is 0.241 e. The zero-order valence-corrected chi connectivity index (χ0v) is 19.9. The van der Waals surface area contributed by atoms with E-state index >= 15 is 0 Å². The molecule has 0 aromatic heterocycles. The first-order valence-corrected chi connectivity index (χ1v) is 12.3. The third kappa shape index (κ3) is 6.45. The van der Waals surface area contributed by atoms with Crippen molar-refractivity contribution in [1.29, 1.82) is 0 Å². The maximum absolute atomic E-state index is 13.0. The molecule has 1 saturated heterocycles. The number of hydrogen-bond acceptors (Lipinski definition) is 6. The topological polar surface area (TPSA) is 108 Å². The van der Waals surface area contributed by atoms with Gasteiger partial charge in [0.2, 0.25) is 21.8 Å². The molecule has 0 saturated carbocycles. The van der Waals surface area contributed by atoms with Gasteiger partial charge in [0.15, 0.2) is 0 Å². The number of benzene rings is 2. The molecule has 3 rings (SSSR count). The zero-order valence-electron chi connectivity index (χ0n) is 19.1. The Balaban J connectivity index is 1.60. The Bertz CT molecular complexity index is 1070. The summed E-state index contributed by atoms with van der Waals surface area (Å²) < 4.78 is 33.1. The first-order valence-electron chi connectivity index (χ1n) is 10.8. The lowest BCUT2D eigenvalue weighted by Gasteiger charge is -2.26. The molecule has 2 amide bonds. The van der Waals surface area contributed by atoms with Gasteiger partial charge in [-0.3, -0.25) is 9.59 Å². The van der Waals surface area contributed by atoms with Crippen LogP contribution in [0.25, 0.3) is 0 Å². The molecule has 2 N–H and O–H groups in total. The van der Waals surface area contributed by atoms with Crippen LogP contribution in [0.1, 0.15) is 20.3 Å². The van der Waals surface area contributed by atoms with Crippen molar-refractivity contribution in [2.24, 2.45) is 0 Å². The number of nitrogens with zero attached hydrogens (tertiary/aromatic N) is 2. The minimum Gasteiger partial charge on any atom is -0.497 e. The molecule has 0 spiro atoms. The number of methoxy groups -OCH3 is 1. The van der Waals surface area contributed by atoms with E-state index in [-0.39, 0.29) is 16.7 Å². The molecule has 1 fully saturated rings. The normalized spacial score (nSPS) is 15.5. The highest BCUT2D eigenvalue weighted by atomic mass is 32.2. The number of nitrogens with one attached hydrogen (secondary N) is 2. The minimum atomic E-state index is -3.89. The summed E-state index contributed by atoms with van der Waals surface area (Å²) in [6.45, 7) is 5.45. The van der Waals surface area contributed by atoms with E-state index in [4.69, 9.17) is 4.74 Å². The number of rotatable bonds is 7. The lowest BCUT2D eigenvalue weighted by molar-refractivity contribution is -0.132. The van der Waals surface area contributed by atoms with Gasteiger partial charge >= 0.3 is 0 Å². The molecule has 33 heavy (non-hydrogen) atoms. The standard InChI is InChI=1S/C23H30N4O5S/c1-17(25-33(30,31)22-11-5-19(6-12-22)24-18(2)28)23(29)27-14-4-13-26(15-16-27)20-7-9-21(32-3)10-8-20/h5-12,17,25H,4,13-16H2,1-3H3,(H,24,28)/t17-/m0/s1. The van der Waals surface area contributed by atoms with E-state index in [0.29, 0.717) is 25.3 Å². The maximum atomic E-state index is 13.0. The van der Waals surface area contributed by atoms with Crippen molar-refractivity contribution in [3.8, 4) is 5.75 Å². The largest absolute Gasteiger partial charge is 0.497 e. The Kier molecular flexibility index (Phi) is 7.93. The molecule has 0 bridgehead atoms. The Morgan fingerprint density at radius 1 is 0.970 bits per heavy atom. The summed E-state index contributed by atoms with van der Waals surface area (Å²) in [6, 6.07) is 12.7. The van der Waals surface area contributed by atoms with Crippen molar-refractivity contribution < 1.29 is 22.7 Å². The summed E-state index contributed by atoms with van der Waals surface area (Å²) in [4.78, 5) is 28.0. The SMILES string of the molecule is COc1ccc(N2CCCN(C(=O)[C@H](C)NS(=O)(=O)c3ccc(NC(C)=O)cc3)CC2)cc1. The molecular formula is C23H30N4O5S. The van der Waals surface area contributed by atoms with Gasteiger partial charge in [0.05, 0.1) is 18.0 Å². The summed E-state index contributed by atoms with van der Waals surface area (Å²) in [5.74, 6) is 0.284. The highest BCUT2D eigenvalue weighted by Gasteiger charge is 2.27. The van der Waals surface area contributed by atoms with Crippen LogP contribution in [0.4, 0.5) is 11.4 Å². The number of carbonyl (C=O) groups is 2.